The standard InChI is InChI=1S/C21H25ClFN5O4/c1-32-9-8-25-21(31)17-18(19(24)29)28(11-26-17)14-5-2-12(3-6-14)20(30)27-16-7-4-13(23)10-15(16)22/h4,7,10-12,14H,2-3,5-6,8-9H2,1H3,(H2,24,29)(H,25,31)(H,27,30). The predicted molar refractivity (Wildman–Crippen MR) is 116 cm³/mol. The van der Waals surface area contributed by atoms with Gasteiger partial charge in [0.2, 0.25) is 5.91 Å². The van der Waals surface area contributed by atoms with E-state index >= 15 is 0 Å². The minimum absolute atomic E-state index is 0.0283. The van der Waals surface area contributed by atoms with Crippen LogP contribution in [0, 0.1) is 11.7 Å². The number of ether oxygens (including phenoxy) is 1. The number of imidazole rings is 1. The molecule has 1 saturated carbocycles. The molecule has 1 aliphatic rings. The van der Waals surface area contributed by atoms with Crippen molar-refractivity contribution in [3.8, 4) is 0 Å². The molecule has 1 fully saturated rings. The van der Waals surface area contributed by atoms with Gasteiger partial charge in [0.15, 0.2) is 5.69 Å². The molecule has 0 unspecified atom stereocenters. The van der Waals surface area contributed by atoms with E-state index in [0.29, 0.717) is 38.0 Å². The maximum Gasteiger partial charge on any atom is 0.272 e. The van der Waals surface area contributed by atoms with Crippen LogP contribution in [0.1, 0.15) is 52.7 Å². The third-order valence-corrected chi connectivity index (χ3v) is 5.80. The summed E-state index contributed by atoms with van der Waals surface area (Å²) in [4.78, 5) is 41.2. The van der Waals surface area contributed by atoms with Crippen LogP contribution in [-0.4, -0.2) is 47.5 Å². The number of hydrogen-bond donors (Lipinski definition) is 3. The Balaban J connectivity index is 1.65. The Bertz CT molecular complexity index is 1000. The fourth-order valence-corrected chi connectivity index (χ4v) is 4.05. The Morgan fingerprint density at radius 3 is 2.62 bits per heavy atom. The lowest BCUT2D eigenvalue weighted by atomic mass is 9.85. The molecule has 0 spiro atoms. The number of halogens is 2. The number of anilines is 1. The van der Waals surface area contributed by atoms with E-state index in [1.807, 2.05) is 0 Å². The molecule has 32 heavy (non-hydrogen) atoms. The van der Waals surface area contributed by atoms with Crippen LogP contribution in [0.5, 0.6) is 0 Å². The zero-order valence-corrected chi connectivity index (χ0v) is 18.3. The van der Waals surface area contributed by atoms with Crippen LogP contribution in [0.25, 0.3) is 0 Å². The number of primary amides is 1. The third kappa shape index (κ3) is 5.43. The fraction of sp³-hybridized carbons (Fsp3) is 0.429. The second-order valence-electron chi connectivity index (χ2n) is 7.58. The lowest BCUT2D eigenvalue weighted by Gasteiger charge is -2.29. The molecule has 11 heteroatoms. The minimum Gasteiger partial charge on any atom is -0.383 e. The van der Waals surface area contributed by atoms with E-state index in [1.54, 1.807) is 4.57 Å². The SMILES string of the molecule is COCCNC(=O)c1ncn(C2CCC(C(=O)Nc3ccc(F)cc3Cl)CC2)c1C(N)=O. The molecule has 9 nitrogen and oxygen atoms in total. The summed E-state index contributed by atoms with van der Waals surface area (Å²) in [5.41, 5.74) is 5.91. The first kappa shape index (κ1) is 23.7. The molecule has 3 amide bonds. The van der Waals surface area contributed by atoms with Crippen molar-refractivity contribution in [2.45, 2.75) is 31.7 Å². The first-order valence-electron chi connectivity index (χ1n) is 10.2. The van der Waals surface area contributed by atoms with Gasteiger partial charge in [-0.15, -0.1) is 0 Å². The van der Waals surface area contributed by atoms with Crippen LogP contribution < -0.4 is 16.4 Å². The van der Waals surface area contributed by atoms with Crippen LogP contribution in [-0.2, 0) is 9.53 Å². The van der Waals surface area contributed by atoms with Gasteiger partial charge < -0.3 is 25.7 Å². The quantitative estimate of drug-likeness (QED) is 0.516. The van der Waals surface area contributed by atoms with Gasteiger partial charge in [0.25, 0.3) is 11.8 Å². The van der Waals surface area contributed by atoms with Crippen molar-refractivity contribution in [3.63, 3.8) is 0 Å². The number of hydrogen-bond acceptors (Lipinski definition) is 5. The van der Waals surface area contributed by atoms with Crippen molar-refractivity contribution < 1.29 is 23.5 Å². The number of nitrogens with two attached hydrogens (primary N) is 1. The highest BCUT2D eigenvalue weighted by Crippen LogP contribution is 2.34. The number of benzene rings is 1. The summed E-state index contributed by atoms with van der Waals surface area (Å²) in [6, 6.07) is 3.67. The number of carbonyl (C=O) groups excluding carboxylic acids is 3. The predicted octanol–water partition coefficient (Wildman–Crippen LogP) is 2.52. The van der Waals surface area contributed by atoms with Crippen LogP contribution in [0.3, 0.4) is 0 Å². The number of nitrogens with one attached hydrogen (secondary N) is 2. The van der Waals surface area contributed by atoms with Crippen LogP contribution in [0.15, 0.2) is 24.5 Å². The number of methoxy groups -OCH3 is 1. The molecule has 1 aromatic heterocycles. The van der Waals surface area contributed by atoms with E-state index in [1.165, 1.54) is 25.6 Å². The molecular weight excluding hydrogens is 441 g/mol. The highest BCUT2D eigenvalue weighted by Gasteiger charge is 2.31. The van der Waals surface area contributed by atoms with Crippen molar-refractivity contribution in [2.24, 2.45) is 11.7 Å². The van der Waals surface area contributed by atoms with Crippen LogP contribution in [0.2, 0.25) is 5.02 Å². The van der Waals surface area contributed by atoms with Crippen LogP contribution >= 0.6 is 11.6 Å². The van der Waals surface area contributed by atoms with E-state index in [0.717, 1.165) is 6.07 Å². The summed E-state index contributed by atoms with van der Waals surface area (Å²) >= 11 is 5.98. The summed E-state index contributed by atoms with van der Waals surface area (Å²) < 4.78 is 19.7. The number of carbonyl (C=O) groups is 3. The van der Waals surface area contributed by atoms with Crippen molar-refractivity contribution in [1.82, 2.24) is 14.9 Å². The Kier molecular flexibility index (Phi) is 7.81. The normalized spacial score (nSPS) is 18.2. The monoisotopic (exact) mass is 465 g/mol. The molecule has 3 rings (SSSR count). The van der Waals surface area contributed by atoms with E-state index < -0.39 is 17.6 Å². The third-order valence-electron chi connectivity index (χ3n) is 5.48. The zero-order valence-electron chi connectivity index (χ0n) is 17.6. The Hall–Kier alpha value is -2.98. The summed E-state index contributed by atoms with van der Waals surface area (Å²) in [7, 11) is 1.51. The van der Waals surface area contributed by atoms with Gasteiger partial charge in [-0.1, -0.05) is 11.6 Å². The average molecular weight is 466 g/mol. The molecule has 0 radical (unpaired) electrons. The van der Waals surface area contributed by atoms with Crippen LogP contribution in [0.4, 0.5) is 10.1 Å². The molecular formula is C21H25ClFN5O4. The van der Waals surface area contributed by atoms with Gasteiger partial charge in [-0.05, 0) is 43.9 Å². The number of nitrogens with zero attached hydrogens (tertiary/aromatic N) is 2. The summed E-state index contributed by atoms with van der Waals surface area (Å²) in [5, 5.41) is 5.50. The Morgan fingerprint density at radius 2 is 2.00 bits per heavy atom. The molecule has 172 valence electrons. The van der Waals surface area contributed by atoms with E-state index in [2.05, 4.69) is 15.6 Å². The second kappa shape index (κ2) is 10.6. The van der Waals surface area contributed by atoms with Gasteiger partial charge in [-0.25, -0.2) is 9.37 Å². The molecule has 0 bridgehead atoms. The number of rotatable bonds is 8. The summed E-state index contributed by atoms with van der Waals surface area (Å²) in [5.74, 6) is -2.18. The van der Waals surface area contributed by atoms with Gasteiger partial charge in [0.1, 0.15) is 11.5 Å². The molecule has 2 aromatic rings. The van der Waals surface area contributed by atoms with Gasteiger partial charge in [-0.3, -0.25) is 14.4 Å². The number of amides is 3. The second-order valence-corrected chi connectivity index (χ2v) is 7.99. The largest absolute Gasteiger partial charge is 0.383 e. The molecule has 1 heterocycles. The Morgan fingerprint density at radius 1 is 1.28 bits per heavy atom. The molecule has 0 atom stereocenters. The fourth-order valence-electron chi connectivity index (χ4n) is 3.84. The maximum absolute atomic E-state index is 13.2. The molecule has 4 N–H and O–H groups in total. The van der Waals surface area contributed by atoms with Gasteiger partial charge in [-0.2, -0.15) is 0 Å². The lowest BCUT2D eigenvalue weighted by Crippen LogP contribution is -2.32. The van der Waals surface area contributed by atoms with Crippen molar-refractivity contribution in [2.75, 3.05) is 25.6 Å². The highest BCUT2D eigenvalue weighted by atomic mass is 35.5. The molecule has 1 aliphatic carbocycles. The molecule has 0 aliphatic heterocycles. The highest BCUT2D eigenvalue weighted by molar-refractivity contribution is 6.33. The summed E-state index contributed by atoms with van der Waals surface area (Å²) in [6.45, 7) is 0.603. The van der Waals surface area contributed by atoms with Gasteiger partial charge in [0.05, 0.1) is 23.6 Å². The minimum atomic E-state index is -0.745. The zero-order chi connectivity index (χ0) is 23.3. The first-order valence-corrected chi connectivity index (χ1v) is 10.6. The summed E-state index contributed by atoms with van der Waals surface area (Å²) in [6.07, 6.45) is 3.74. The number of aromatic nitrogens is 2. The van der Waals surface area contributed by atoms with Crippen molar-refractivity contribution in [1.29, 1.82) is 0 Å². The molecule has 0 saturated heterocycles. The van der Waals surface area contributed by atoms with Crippen molar-refractivity contribution >= 4 is 35.0 Å². The maximum atomic E-state index is 13.2. The Labute approximate surface area is 189 Å². The van der Waals surface area contributed by atoms with Gasteiger partial charge in [0, 0.05) is 25.6 Å². The first-order chi connectivity index (χ1) is 15.3. The average Bonchev–Trinajstić information content (AvgIpc) is 3.21. The van der Waals surface area contributed by atoms with E-state index in [9.17, 15) is 18.8 Å². The van der Waals surface area contributed by atoms with E-state index in [-0.39, 0.29) is 40.8 Å². The lowest BCUT2D eigenvalue weighted by molar-refractivity contribution is -0.121. The topological polar surface area (TPSA) is 128 Å². The smallest absolute Gasteiger partial charge is 0.272 e. The van der Waals surface area contributed by atoms with Gasteiger partial charge >= 0.3 is 0 Å². The van der Waals surface area contributed by atoms with Crippen molar-refractivity contribution in [3.05, 3.63) is 46.8 Å². The molecule has 1 aromatic carbocycles. The van der Waals surface area contributed by atoms with E-state index in [4.69, 9.17) is 22.1 Å².